The van der Waals surface area contributed by atoms with Crippen LogP contribution in [0.2, 0.25) is 0 Å². The van der Waals surface area contributed by atoms with Gasteiger partial charge in [-0.2, -0.15) is 4.79 Å². The van der Waals surface area contributed by atoms with Crippen LogP contribution < -0.4 is 0 Å². The second kappa shape index (κ2) is 10.9. The lowest BCUT2D eigenvalue weighted by Gasteiger charge is -2.35. The maximum Gasteiger partial charge on any atom is 0.419 e. The van der Waals surface area contributed by atoms with Crippen molar-refractivity contribution in [1.29, 1.82) is 0 Å². The summed E-state index contributed by atoms with van der Waals surface area (Å²) in [5.41, 5.74) is 12.3. The van der Waals surface area contributed by atoms with Gasteiger partial charge in [-0.3, -0.25) is 4.90 Å². The fourth-order valence-electron chi connectivity index (χ4n) is 3.85. The Labute approximate surface area is 196 Å². The molecular formula is C28H31N3O2. The highest BCUT2D eigenvalue weighted by Gasteiger charge is 2.42. The predicted molar refractivity (Wildman–Crippen MR) is 130 cm³/mol. The summed E-state index contributed by atoms with van der Waals surface area (Å²) in [6, 6.07) is 29.1. The molecule has 0 heterocycles. The number of esters is 1. The van der Waals surface area contributed by atoms with E-state index in [9.17, 15) is 10.3 Å². The van der Waals surface area contributed by atoms with Crippen molar-refractivity contribution in [3.05, 3.63) is 113 Å². The number of hydrogen-bond acceptors (Lipinski definition) is 3. The van der Waals surface area contributed by atoms with Gasteiger partial charge in [0.25, 0.3) is 0 Å². The standard InChI is InChI=1S/C28H31N3O2/c1-21(23-16-10-6-11-17-23)31(20-22-14-8-5-9-15-22)26(24-18-12-7-13-19-24)25(30-29)27(32)33-28(2,3)4/h5-19,21,26H,20H2,1-4H3/t21-,26-/m1/s1. The molecule has 0 saturated carbocycles. The second-order valence-corrected chi connectivity index (χ2v) is 9.04. The molecule has 3 aromatic carbocycles. The van der Waals surface area contributed by atoms with Gasteiger partial charge in [0, 0.05) is 12.6 Å². The summed E-state index contributed by atoms with van der Waals surface area (Å²) in [6.45, 7) is 8.03. The molecule has 5 heteroatoms. The lowest BCUT2D eigenvalue weighted by molar-refractivity contribution is -0.152. The molecule has 3 rings (SSSR count). The van der Waals surface area contributed by atoms with E-state index in [1.165, 1.54) is 0 Å². The van der Waals surface area contributed by atoms with Crippen molar-refractivity contribution in [3.8, 4) is 0 Å². The first kappa shape index (κ1) is 24.1. The summed E-state index contributed by atoms with van der Waals surface area (Å²) >= 11 is 0. The molecule has 0 aliphatic heterocycles. The molecule has 3 aromatic rings. The maximum atomic E-state index is 13.2. The van der Waals surface area contributed by atoms with Crippen LogP contribution in [0.5, 0.6) is 0 Å². The minimum absolute atomic E-state index is 0.0464. The summed E-state index contributed by atoms with van der Waals surface area (Å²) in [6.07, 6.45) is 0. The van der Waals surface area contributed by atoms with Gasteiger partial charge in [0.2, 0.25) is 0 Å². The van der Waals surface area contributed by atoms with Crippen molar-refractivity contribution in [2.45, 2.75) is 51.9 Å². The average Bonchev–Trinajstić information content (AvgIpc) is 2.81. The van der Waals surface area contributed by atoms with Crippen molar-refractivity contribution < 1.29 is 14.3 Å². The van der Waals surface area contributed by atoms with Crippen molar-refractivity contribution in [2.24, 2.45) is 0 Å². The summed E-state index contributed by atoms with van der Waals surface area (Å²) in [5.74, 6) is -0.642. The Bertz CT molecular complexity index is 1090. The van der Waals surface area contributed by atoms with Gasteiger partial charge in [-0.1, -0.05) is 91.0 Å². The number of benzene rings is 3. The molecule has 0 N–H and O–H groups in total. The molecule has 33 heavy (non-hydrogen) atoms. The summed E-state index contributed by atoms with van der Waals surface area (Å²) < 4.78 is 5.62. The summed E-state index contributed by atoms with van der Waals surface area (Å²) in [7, 11) is 0. The minimum Gasteiger partial charge on any atom is -0.451 e. The van der Waals surface area contributed by atoms with Crippen LogP contribution in [0.4, 0.5) is 0 Å². The molecule has 0 spiro atoms. The molecule has 170 valence electrons. The Morgan fingerprint density at radius 3 is 1.85 bits per heavy atom. The highest BCUT2D eigenvalue weighted by atomic mass is 16.6. The van der Waals surface area contributed by atoms with Crippen LogP contribution >= 0.6 is 0 Å². The third-order valence-corrected chi connectivity index (χ3v) is 5.41. The van der Waals surface area contributed by atoms with Crippen molar-refractivity contribution >= 4 is 11.7 Å². The Hall–Kier alpha value is -3.53. The number of carbonyl (C=O) groups is 1. The quantitative estimate of drug-likeness (QED) is 0.186. The van der Waals surface area contributed by atoms with Gasteiger partial charge in [-0.05, 0) is 44.4 Å². The van der Waals surface area contributed by atoms with Gasteiger partial charge in [0.1, 0.15) is 11.6 Å². The van der Waals surface area contributed by atoms with E-state index in [-0.39, 0.29) is 11.8 Å². The molecule has 0 unspecified atom stereocenters. The maximum absolute atomic E-state index is 13.2. The van der Waals surface area contributed by atoms with Crippen LogP contribution in [-0.2, 0) is 16.1 Å². The van der Waals surface area contributed by atoms with E-state index in [2.05, 4.69) is 40.9 Å². The van der Waals surface area contributed by atoms with Gasteiger partial charge >= 0.3 is 11.7 Å². The first-order chi connectivity index (χ1) is 15.8. The topological polar surface area (TPSA) is 65.9 Å². The number of carbonyl (C=O) groups excluding carboxylic acids is 1. The van der Waals surface area contributed by atoms with E-state index in [0.717, 1.165) is 16.7 Å². The molecule has 0 radical (unpaired) electrons. The monoisotopic (exact) mass is 441 g/mol. The Kier molecular flexibility index (Phi) is 7.94. The van der Waals surface area contributed by atoms with Gasteiger partial charge < -0.3 is 10.3 Å². The molecule has 0 aliphatic carbocycles. The van der Waals surface area contributed by atoms with Crippen molar-refractivity contribution in [2.75, 3.05) is 0 Å². The number of nitrogens with zero attached hydrogens (tertiary/aromatic N) is 3. The van der Waals surface area contributed by atoms with Gasteiger partial charge in [-0.25, -0.2) is 4.79 Å². The number of ether oxygens (including phenoxy) is 1. The molecule has 0 amide bonds. The molecule has 0 saturated heterocycles. The average molecular weight is 442 g/mol. The molecule has 0 aromatic heterocycles. The first-order valence-corrected chi connectivity index (χ1v) is 11.1. The third kappa shape index (κ3) is 6.48. The van der Waals surface area contributed by atoms with E-state index in [1.54, 1.807) is 20.8 Å². The Balaban J connectivity index is 2.14. The fraction of sp³-hybridized carbons (Fsp3) is 0.286. The zero-order chi connectivity index (χ0) is 23.8. The zero-order valence-electron chi connectivity index (χ0n) is 19.7. The molecule has 0 bridgehead atoms. The van der Waals surface area contributed by atoms with E-state index in [1.807, 2.05) is 66.7 Å². The summed E-state index contributed by atoms with van der Waals surface area (Å²) in [5, 5.41) is 0. The molecule has 5 nitrogen and oxygen atoms in total. The van der Waals surface area contributed by atoms with Crippen molar-refractivity contribution in [1.82, 2.24) is 4.90 Å². The summed E-state index contributed by atoms with van der Waals surface area (Å²) in [4.78, 5) is 18.8. The van der Waals surface area contributed by atoms with Gasteiger partial charge in [-0.15, -0.1) is 0 Å². The highest BCUT2D eigenvalue weighted by molar-refractivity contribution is 6.36. The van der Waals surface area contributed by atoms with E-state index >= 15 is 0 Å². The lowest BCUT2D eigenvalue weighted by Crippen LogP contribution is -2.41. The van der Waals surface area contributed by atoms with Crippen LogP contribution in [-0.4, -0.2) is 27.0 Å². The predicted octanol–water partition coefficient (Wildman–Crippen LogP) is 6.00. The normalized spacial score (nSPS) is 13.1. The fourth-order valence-corrected chi connectivity index (χ4v) is 3.85. The van der Waals surface area contributed by atoms with E-state index in [0.29, 0.717) is 6.54 Å². The molecular weight excluding hydrogens is 410 g/mol. The lowest BCUT2D eigenvalue weighted by atomic mass is 9.95. The Morgan fingerprint density at radius 1 is 0.879 bits per heavy atom. The van der Waals surface area contributed by atoms with Gasteiger partial charge in [0.05, 0.1) is 0 Å². The number of rotatable bonds is 8. The second-order valence-electron chi connectivity index (χ2n) is 9.04. The number of hydrogen-bond donors (Lipinski definition) is 0. The van der Waals surface area contributed by atoms with E-state index < -0.39 is 17.6 Å². The zero-order valence-corrected chi connectivity index (χ0v) is 19.7. The van der Waals surface area contributed by atoms with E-state index in [4.69, 9.17) is 4.74 Å². The molecule has 0 fully saturated rings. The molecule has 0 aliphatic rings. The smallest absolute Gasteiger partial charge is 0.419 e. The highest BCUT2D eigenvalue weighted by Crippen LogP contribution is 2.33. The Morgan fingerprint density at radius 2 is 1.36 bits per heavy atom. The van der Waals surface area contributed by atoms with Crippen LogP contribution in [0.15, 0.2) is 91.0 Å². The van der Waals surface area contributed by atoms with Crippen LogP contribution in [0.25, 0.3) is 5.53 Å². The minimum atomic E-state index is -0.719. The van der Waals surface area contributed by atoms with Crippen LogP contribution in [0.1, 0.15) is 56.5 Å². The van der Waals surface area contributed by atoms with Crippen molar-refractivity contribution in [3.63, 3.8) is 0 Å². The van der Waals surface area contributed by atoms with Crippen LogP contribution in [0, 0.1) is 0 Å². The first-order valence-electron chi connectivity index (χ1n) is 11.1. The molecule has 2 atom stereocenters. The third-order valence-electron chi connectivity index (χ3n) is 5.41. The van der Waals surface area contributed by atoms with Gasteiger partial charge in [0.15, 0.2) is 0 Å². The largest absolute Gasteiger partial charge is 0.451 e. The van der Waals surface area contributed by atoms with Crippen LogP contribution in [0.3, 0.4) is 0 Å². The SMILES string of the molecule is C[C@H](c1ccccc1)N(Cc1ccccc1)[C@@H](C(=[N+]=[N-])C(=O)OC(C)(C)C)c1ccccc1.